The molecule has 0 aliphatic heterocycles. The number of primary amides is 1. The molecular formula is C15H13N3O2S. The van der Waals surface area contributed by atoms with Crippen LogP contribution in [0.1, 0.15) is 16.3 Å². The maximum atomic E-state index is 10.6. The highest BCUT2D eigenvalue weighted by molar-refractivity contribution is 7.11. The van der Waals surface area contributed by atoms with Gasteiger partial charge < -0.3 is 10.5 Å². The van der Waals surface area contributed by atoms with E-state index < -0.39 is 5.91 Å². The molecule has 5 nitrogen and oxygen atoms in total. The molecule has 0 unspecified atom stereocenters. The zero-order valence-electron chi connectivity index (χ0n) is 11.4. The van der Waals surface area contributed by atoms with Crippen molar-refractivity contribution in [2.24, 2.45) is 5.73 Å². The molecule has 0 aliphatic carbocycles. The second-order valence-corrected chi connectivity index (χ2v) is 5.15. The molecular weight excluding hydrogens is 286 g/mol. The van der Waals surface area contributed by atoms with Crippen LogP contribution in [0.25, 0.3) is 11.6 Å². The quantitative estimate of drug-likeness (QED) is 0.858. The van der Waals surface area contributed by atoms with E-state index in [1.165, 1.54) is 11.3 Å². The Kier molecular flexibility index (Phi) is 4.69. The minimum atomic E-state index is -0.523. The SMILES string of the molecule is Cc1csc(C(C#N)=Cc2ccc(OCC(N)=O)cc2)n1. The van der Waals surface area contributed by atoms with Crippen molar-refractivity contribution in [2.75, 3.05) is 6.61 Å². The maximum absolute atomic E-state index is 10.6. The summed E-state index contributed by atoms with van der Waals surface area (Å²) in [5, 5.41) is 11.8. The normalized spacial score (nSPS) is 11.0. The molecule has 6 heteroatoms. The standard InChI is InChI=1S/C15H13N3O2S/c1-10-9-21-15(18-10)12(7-16)6-11-2-4-13(5-3-11)20-8-14(17)19/h2-6,9H,8H2,1H3,(H2,17,19). The van der Waals surface area contributed by atoms with E-state index >= 15 is 0 Å². The fraction of sp³-hybridized carbons (Fsp3) is 0.133. The number of ether oxygens (including phenoxy) is 1. The molecule has 1 aromatic heterocycles. The predicted molar refractivity (Wildman–Crippen MR) is 81.5 cm³/mol. The maximum Gasteiger partial charge on any atom is 0.255 e. The Balaban J connectivity index is 2.16. The van der Waals surface area contributed by atoms with Gasteiger partial charge in [-0.15, -0.1) is 11.3 Å². The number of rotatable bonds is 5. The fourth-order valence-electron chi connectivity index (χ4n) is 1.60. The predicted octanol–water partition coefficient (Wildman–Crippen LogP) is 2.38. The van der Waals surface area contributed by atoms with Crippen LogP contribution >= 0.6 is 11.3 Å². The first-order valence-electron chi connectivity index (χ1n) is 6.14. The molecule has 0 aliphatic rings. The number of hydrogen-bond acceptors (Lipinski definition) is 5. The summed E-state index contributed by atoms with van der Waals surface area (Å²) in [6, 6.07) is 9.19. The van der Waals surface area contributed by atoms with Gasteiger partial charge in [0.25, 0.3) is 5.91 Å². The zero-order chi connectivity index (χ0) is 15.2. The molecule has 106 valence electrons. The van der Waals surface area contributed by atoms with Crippen LogP contribution in [-0.4, -0.2) is 17.5 Å². The molecule has 0 saturated carbocycles. The average molecular weight is 299 g/mol. The van der Waals surface area contributed by atoms with Crippen LogP contribution in [0.15, 0.2) is 29.6 Å². The van der Waals surface area contributed by atoms with Crippen LogP contribution in [-0.2, 0) is 4.79 Å². The number of thiazole rings is 1. The monoisotopic (exact) mass is 299 g/mol. The van der Waals surface area contributed by atoms with E-state index in [0.717, 1.165) is 11.3 Å². The Morgan fingerprint density at radius 3 is 2.71 bits per heavy atom. The number of aromatic nitrogens is 1. The highest BCUT2D eigenvalue weighted by Gasteiger charge is 2.05. The molecule has 0 saturated heterocycles. The average Bonchev–Trinajstić information content (AvgIpc) is 2.90. The molecule has 0 atom stereocenters. The summed E-state index contributed by atoms with van der Waals surface area (Å²) in [6.45, 7) is 1.73. The summed E-state index contributed by atoms with van der Waals surface area (Å²) in [4.78, 5) is 14.9. The van der Waals surface area contributed by atoms with Gasteiger partial charge in [-0.2, -0.15) is 5.26 Å². The van der Waals surface area contributed by atoms with Gasteiger partial charge in [0.15, 0.2) is 6.61 Å². The Labute approximate surface area is 126 Å². The number of hydrogen-bond donors (Lipinski definition) is 1. The largest absolute Gasteiger partial charge is 0.484 e. The molecule has 0 radical (unpaired) electrons. The molecule has 1 heterocycles. The molecule has 21 heavy (non-hydrogen) atoms. The first-order valence-corrected chi connectivity index (χ1v) is 7.02. The lowest BCUT2D eigenvalue weighted by Crippen LogP contribution is -2.19. The van der Waals surface area contributed by atoms with Gasteiger partial charge in [-0.1, -0.05) is 12.1 Å². The van der Waals surface area contributed by atoms with Crippen molar-refractivity contribution in [3.63, 3.8) is 0 Å². The van der Waals surface area contributed by atoms with Gasteiger partial charge in [0.1, 0.15) is 16.8 Å². The number of carbonyl (C=O) groups excluding carboxylic acids is 1. The molecule has 1 aromatic carbocycles. The smallest absolute Gasteiger partial charge is 0.255 e. The van der Waals surface area contributed by atoms with Gasteiger partial charge in [-0.05, 0) is 30.7 Å². The van der Waals surface area contributed by atoms with Crippen molar-refractivity contribution < 1.29 is 9.53 Å². The van der Waals surface area contributed by atoms with Gasteiger partial charge in [0.2, 0.25) is 0 Å². The van der Waals surface area contributed by atoms with Crippen LogP contribution in [0.2, 0.25) is 0 Å². The second-order valence-electron chi connectivity index (χ2n) is 4.29. The highest BCUT2D eigenvalue weighted by atomic mass is 32.1. The van der Waals surface area contributed by atoms with E-state index in [1.54, 1.807) is 30.3 Å². The van der Waals surface area contributed by atoms with Crippen LogP contribution in [0.5, 0.6) is 5.75 Å². The van der Waals surface area contributed by atoms with Crippen LogP contribution in [0, 0.1) is 18.3 Å². The molecule has 2 N–H and O–H groups in total. The third-order valence-electron chi connectivity index (χ3n) is 2.54. The Morgan fingerprint density at radius 2 is 2.19 bits per heavy atom. The molecule has 2 aromatic rings. The topological polar surface area (TPSA) is 89.0 Å². The van der Waals surface area contributed by atoms with Gasteiger partial charge in [-0.25, -0.2) is 4.98 Å². The third-order valence-corrected chi connectivity index (χ3v) is 3.54. The van der Waals surface area contributed by atoms with Crippen molar-refractivity contribution in [1.29, 1.82) is 5.26 Å². The summed E-state index contributed by atoms with van der Waals surface area (Å²) in [5.74, 6) is 0.0272. The lowest BCUT2D eigenvalue weighted by molar-refractivity contribution is -0.119. The minimum absolute atomic E-state index is 0.156. The van der Waals surface area contributed by atoms with E-state index in [-0.39, 0.29) is 6.61 Å². The first-order chi connectivity index (χ1) is 10.1. The Hall–Kier alpha value is -2.65. The lowest BCUT2D eigenvalue weighted by Gasteiger charge is -2.03. The molecule has 1 amide bonds. The summed E-state index contributed by atoms with van der Waals surface area (Å²) < 4.78 is 5.17. The van der Waals surface area contributed by atoms with Crippen molar-refractivity contribution >= 4 is 28.9 Å². The number of nitrogens with zero attached hydrogens (tertiary/aromatic N) is 2. The van der Waals surface area contributed by atoms with Gasteiger partial charge in [0, 0.05) is 11.1 Å². The van der Waals surface area contributed by atoms with E-state index in [0.29, 0.717) is 16.3 Å². The summed E-state index contributed by atoms with van der Waals surface area (Å²) in [6.07, 6.45) is 1.76. The van der Waals surface area contributed by atoms with Gasteiger partial charge in [0.05, 0.1) is 5.57 Å². The minimum Gasteiger partial charge on any atom is -0.484 e. The van der Waals surface area contributed by atoms with Crippen molar-refractivity contribution in [2.45, 2.75) is 6.92 Å². The lowest BCUT2D eigenvalue weighted by atomic mass is 10.1. The zero-order valence-corrected chi connectivity index (χ0v) is 12.2. The van der Waals surface area contributed by atoms with Crippen molar-refractivity contribution in [1.82, 2.24) is 4.98 Å². The fourth-order valence-corrected chi connectivity index (χ4v) is 2.36. The number of allylic oxidation sites excluding steroid dienone is 1. The summed E-state index contributed by atoms with van der Waals surface area (Å²) >= 11 is 1.44. The number of carbonyl (C=O) groups is 1. The van der Waals surface area contributed by atoms with E-state index in [9.17, 15) is 10.1 Å². The summed E-state index contributed by atoms with van der Waals surface area (Å²) in [5.41, 5.74) is 7.27. The van der Waals surface area contributed by atoms with Crippen molar-refractivity contribution in [3.8, 4) is 11.8 Å². The Morgan fingerprint density at radius 1 is 1.48 bits per heavy atom. The van der Waals surface area contributed by atoms with Crippen molar-refractivity contribution in [3.05, 3.63) is 45.9 Å². The molecule has 0 spiro atoms. The number of aryl methyl sites for hydroxylation is 1. The molecule has 2 rings (SSSR count). The van der Waals surface area contributed by atoms with Gasteiger partial charge >= 0.3 is 0 Å². The first kappa shape index (κ1) is 14.8. The highest BCUT2D eigenvalue weighted by Crippen LogP contribution is 2.22. The number of benzene rings is 1. The third kappa shape index (κ3) is 4.16. The van der Waals surface area contributed by atoms with Crippen LogP contribution in [0.3, 0.4) is 0 Å². The molecule has 0 bridgehead atoms. The number of nitriles is 1. The summed E-state index contributed by atoms with van der Waals surface area (Å²) in [7, 11) is 0. The van der Waals surface area contributed by atoms with E-state index in [2.05, 4.69) is 11.1 Å². The molecule has 0 fully saturated rings. The van der Waals surface area contributed by atoms with Gasteiger partial charge in [-0.3, -0.25) is 4.79 Å². The number of nitrogens with two attached hydrogens (primary N) is 1. The second kappa shape index (κ2) is 6.68. The van der Waals surface area contributed by atoms with E-state index in [4.69, 9.17) is 10.5 Å². The Bertz CT molecular complexity index is 711. The van der Waals surface area contributed by atoms with Crippen LogP contribution in [0.4, 0.5) is 0 Å². The number of amides is 1. The van der Waals surface area contributed by atoms with Crippen LogP contribution < -0.4 is 10.5 Å². The van der Waals surface area contributed by atoms with E-state index in [1.807, 2.05) is 12.3 Å².